The zero-order valence-corrected chi connectivity index (χ0v) is 14.4. The van der Waals surface area contributed by atoms with Crippen molar-refractivity contribution < 1.29 is 4.42 Å². The van der Waals surface area contributed by atoms with Crippen LogP contribution < -0.4 is 5.32 Å². The molecule has 0 radical (unpaired) electrons. The number of nitrogens with one attached hydrogen (secondary N) is 1. The summed E-state index contributed by atoms with van der Waals surface area (Å²) >= 11 is 5.92. The maximum absolute atomic E-state index is 5.92. The number of hydrogen-bond donors (Lipinski definition) is 1. The number of halogens is 2. The van der Waals surface area contributed by atoms with E-state index >= 15 is 0 Å². The van der Waals surface area contributed by atoms with Gasteiger partial charge in [0, 0.05) is 42.3 Å². The van der Waals surface area contributed by atoms with Crippen LogP contribution in [0.2, 0.25) is 5.02 Å². The molecule has 2 atom stereocenters. The van der Waals surface area contributed by atoms with Gasteiger partial charge in [-0.15, -0.1) is 12.4 Å². The molecule has 2 bridgehead atoms. The van der Waals surface area contributed by atoms with E-state index in [0.29, 0.717) is 11.9 Å². The summed E-state index contributed by atoms with van der Waals surface area (Å²) in [6, 6.07) is 8.96. The molecule has 0 aliphatic carbocycles. The fraction of sp³-hybridized carbons (Fsp3) is 0.471. The summed E-state index contributed by atoms with van der Waals surface area (Å²) in [5.74, 6) is 0.668. The van der Waals surface area contributed by atoms with Crippen molar-refractivity contribution in [3.8, 4) is 11.5 Å². The van der Waals surface area contributed by atoms with Crippen LogP contribution in [0.1, 0.15) is 25.0 Å². The Kier molecular flexibility index (Phi) is 5.27. The lowest BCUT2D eigenvalue weighted by Crippen LogP contribution is -2.35. The minimum atomic E-state index is 0. The number of benzene rings is 1. The van der Waals surface area contributed by atoms with E-state index in [1.54, 1.807) is 6.26 Å². The predicted octanol–water partition coefficient (Wildman–Crippen LogP) is 3.74. The highest BCUT2D eigenvalue weighted by molar-refractivity contribution is 6.30. The van der Waals surface area contributed by atoms with E-state index in [2.05, 4.69) is 15.2 Å². The fourth-order valence-corrected chi connectivity index (χ4v) is 3.62. The van der Waals surface area contributed by atoms with E-state index in [1.807, 2.05) is 24.3 Å². The lowest BCUT2D eigenvalue weighted by atomic mass is 10.1. The molecule has 4 rings (SSSR count). The molecule has 0 amide bonds. The third-order valence-corrected chi connectivity index (χ3v) is 4.89. The van der Waals surface area contributed by atoms with Gasteiger partial charge in [0.2, 0.25) is 5.89 Å². The number of rotatable bonds is 3. The third kappa shape index (κ3) is 3.89. The van der Waals surface area contributed by atoms with Crippen LogP contribution in [0.5, 0.6) is 0 Å². The number of likely N-dealkylation sites (tertiary alicyclic amines) is 1. The third-order valence-electron chi connectivity index (χ3n) is 4.64. The van der Waals surface area contributed by atoms with Crippen LogP contribution in [0.3, 0.4) is 0 Å². The second-order valence-electron chi connectivity index (χ2n) is 6.31. The standard InChI is InChI=1S/C17H20ClN3O.ClH/c18-13-3-1-12(2-4-13)17-20-16(11-22-17)10-21-8-7-14-5-6-15(9-21)19-14;/h1-4,11,14-15,19H,5-10H2;1H. The summed E-state index contributed by atoms with van der Waals surface area (Å²) in [6.07, 6.45) is 5.65. The summed E-state index contributed by atoms with van der Waals surface area (Å²) in [6.45, 7) is 3.11. The maximum Gasteiger partial charge on any atom is 0.226 e. The molecule has 1 N–H and O–H groups in total. The van der Waals surface area contributed by atoms with Crippen LogP contribution in [-0.4, -0.2) is 35.1 Å². The highest BCUT2D eigenvalue weighted by Crippen LogP contribution is 2.24. The van der Waals surface area contributed by atoms with Gasteiger partial charge in [0.15, 0.2) is 0 Å². The van der Waals surface area contributed by atoms with Gasteiger partial charge in [-0.1, -0.05) is 11.6 Å². The largest absolute Gasteiger partial charge is 0.444 e. The number of fused-ring (bicyclic) bond motifs is 2. The first-order valence-electron chi connectivity index (χ1n) is 7.95. The van der Waals surface area contributed by atoms with E-state index in [9.17, 15) is 0 Å². The van der Waals surface area contributed by atoms with E-state index in [4.69, 9.17) is 16.0 Å². The second kappa shape index (κ2) is 7.22. The SMILES string of the molecule is Cl.Clc1ccc(-c2nc(CN3CCC4CCC(C3)N4)co2)cc1. The van der Waals surface area contributed by atoms with E-state index < -0.39 is 0 Å². The van der Waals surface area contributed by atoms with Crippen molar-refractivity contribution in [3.05, 3.63) is 41.2 Å². The highest BCUT2D eigenvalue weighted by Gasteiger charge is 2.29. The molecule has 23 heavy (non-hydrogen) atoms. The average molecular weight is 354 g/mol. The maximum atomic E-state index is 5.92. The fourth-order valence-electron chi connectivity index (χ4n) is 3.49. The summed E-state index contributed by atoms with van der Waals surface area (Å²) in [5, 5.41) is 4.43. The van der Waals surface area contributed by atoms with Crippen molar-refractivity contribution in [1.82, 2.24) is 15.2 Å². The first-order chi connectivity index (χ1) is 10.8. The summed E-state index contributed by atoms with van der Waals surface area (Å²) in [5.41, 5.74) is 1.97. The summed E-state index contributed by atoms with van der Waals surface area (Å²) in [4.78, 5) is 7.11. The molecule has 2 saturated heterocycles. The Hall–Kier alpha value is -1.07. The Morgan fingerprint density at radius 2 is 1.96 bits per heavy atom. The van der Waals surface area contributed by atoms with E-state index in [-0.39, 0.29) is 12.4 Å². The molecule has 2 fully saturated rings. The van der Waals surface area contributed by atoms with Gasteiger partial charge in [-0.2, -0.15) is 0 Å². The molecule has 2 aliphatic rings. The van der Waals surface area contributed by atoms with Crippen molar-refractivity contribution >= 4 is 24.0 Å². The van der Waals surface area contributed by atoms with Crippen LogP contribution >= 0.6 is 24.0 Å². The lowest BCUT2D eigenvalue weighted by Gasteiger charge is -2.22. The van der Waals surface area contributed by atoms with E-state index in [1.165, 1.54) is 19.3 Å². The lowest BCUT2D eigenvalue weighted by molar-refractivity contribution is 0.248. The van der Waals surface area contributed by atoms with Crippen molar-refractivity contribution in [2.75, 3.05) is 13.1 Å². The Morgan fingerprint density at radius 3 is 2.78 bits per heavy atom. The number of aromatic nitrogens is 1. The predicted molar refractivity (Wildman–Crippen MR) is 94.0 cm³/mol. The van der Waals surface area contributed by atoms with Gasteiger partial charge in [-0.05, 0) is 43.5 Å². The van der Waals surface area contributed by atoms with Crippen LogP contribution in [0, 0.1) is 0 Å². The topological polar surface area (TPSA) is 41.3 Å². The van der Waals surface area contributed by atoms with Crippen molar-refractivity contribution in [2.45, 2.75) is 37.9 Å². The quantitative estimate of drug-likeness (QED) is 0.912. The number of nitrogens with zero attached hydrogens (tertiary/aromatic N) is 2. The zero-order valence-electron chi connectivity index (χ0n) is 12.9. The normalized spacial score (nSPS) is 24.2. The molecular formula is C17H21Cl2N3O. The molecule has 2 aliphatic heterocycles. The van der Waals surface area contributed by atoms with Crippen LogP contribution in [-0.2, 0) is 6.54 Å². The van der Waals surface area contributed by atoms with Crippen molar-refractivity contribution in [3.63, 3.8) is 0 Å². The van der Waals surface area contributed by atoms with Gasteiger partial charge in [-0.3, -0.25) is 4.90 Å². The van der Waals surface area contributed by atoms with Gasteiger partial charge in [0.1, 0.15) is 6.26 Å². The minimum absolute atomic E-state index is 0. The Labute approximate surface area is 147 Å². The zero-order chi connectivity index (χ0) is 14.9. The first-order valence-corrected chi connectivity index (χ1v) is 8.33. The minimum Gasteiger partial charge on any atom is -0.444 e. The molecule has 2 unspecified atom stereocenters. The monoisotopic (exact) mass is 353 g/mol. The molecule has 4 nitrogen and oxygen atoms in total. The summed E-state index contributed by atoms with van der Waals surface area (Å²) < 4.78 is 5.63. The van der Waals surface area contributed by atoms with Crippen LogP contribution in [0.4, 0.5) is 0 Å². The molecule has 1 aromatic carbocycles. The Morgan fingerprint density at radius 1 is 1.17 bits per heavy atom. The molecule has 3 heterocycles. The Balaban J connectivity index is 0.00000156. The molecular weight excluding hydrogens is 333 g/mol. The first kappa shape index (κ1) is 16.8. The van der Waals surface area contributed by atoms with Crippen LogP contribution in [0.25, 0.3) is 11.5 Å². The van der Waals surface area contributed by atoms with Gasteiger partial charge >= 0.3 is 0 Å². The Bertz CT molecular complexity index is 644. The van der Waals surface area contributed by atoms with E-state index in [0.717, 1.165) is 42.0 Å². The summed E-state index contributed by atoms with van der Waals surface area (Å²) in [7, 11) is 0. The van der Waals surface area contributed by atoms with Crippen molar-refractivity contribution in [1.29, 1.82) is 0 Å². The van der Waals surface area contributed by atoms with Gasteiger partial charge in [0.25, 0.3) is 0 Å². The molecule has 6 heteroatoms. The second-order valence-corrected chi connectivity index (χ2v) is 6.75. The van der Waals surface area contributed by atoms with Gasteiger partial charge in [0.05, 0.1) is 5.69 Å². The molecule has 1 aromatic heterocycles. The molecule has 2 aromatic rings. The van der Waals surface area contributed by atoms with Crippen molar-refractivity contribution in [2.24, 2.45) is 0 Å². The van der Waals surface area contributed by atoms with Crippen LogP contribution in [0.15, 0.2) is 34.9 Å². The molecule has 0 spiro atoms. The van der Waals surface area contributed by atoms with Gasteiger partial charge in [-0.25, -0.2) is 4.98 Å². The molecule has 124 valence electrons. The number of oxazole rings is 1. The molecule has 0 saturated carbocycles. The highest BCUT2D eigenvalue weighted by atomic mass is 35.5. The number of hydrogen-bond acceptors (Lipinski definition) is 4. The smallest absolute Gasteiger partial charge is 0.226 e. The van der Waals surface area contributed by atoms with Gasteiger partial charge < -0.3 is 9.73 Å². The average Bonchev–Trinajstić information content (AvgIpc) is 3.09.